The van der Waals surface area contributed by atoms with Crippen LogP contribution in [0.3, 0.4) is 0 Å². The maximum absolute atomic E-state index is 12.2. The van der Waals surface area contributed by atoms with Gasteiger partial charge in [-0.1, -0.05) is 30.3 Å². The summed E-state index contributed by atoms with van der Waals surface area (Å²) in [6.45, 7) is 1.82. The van der Waals surface area contributed by atoms with Crippen LogP contribution in [-0.4, -0.2) is 48.4 Å². The monoisotopic (exact) mass is 391 g/mol. The molecule has 2 heterocycles. The first kappa shape index (κ1) is 20.6. The van der Waals surface area contributed by atoms with Crippen molar-refractivity contribution in [3.63, 3.8) is 0 Å². The number of hydrogen-bond acceptors (Lipinski definition) is 6. The number of nitrogens with one attached hydrogen (secondary N) is 1. The maximum Gasteiger partial charge on any atom is 0.410 e. The van der Waals surface area contributed by atoms with Crippen molar-refractivity contribution < 1.29 is 23.9 Å². The molecular weight excluding hydrogens is 362 g/mol. The number of benzene rings is 1. The van der Waals surface area contributed by atoms with E-state index in [-0.39, 0.29) is 31.3 Å². The molecule has 3 N–H and O–H groups in total. The van der Waals surface area contributed by atoms with E-state index in [0.29, 0.717) is 32.5 Å². The molecule has 0 bridgehead atoms. The van der Waals surface area contributed by atoms with Gasteiger partial charge in [0.1, 0.15) is 6.61 Å². The number of rotatable bonds is 6. The molecule has 28 heavy (non-hydrogen) atoms. The quantitative estimate of drug-likeness (QED) is 0.720. The molecule has 1 aromatic rings. The summed E-state index contributed by atoms with van der Waals surface area (Å²) in [7, 11) is 0. The lowest BCUT2D eigenvalue weighted by molar-refractivity contribution is -0.201. The molecule has 0 saturated carbocycles. The molecule has 3 rings (SSSR count). The molecule has 1 aromatic carbocycles. The van der Waals surface area contributed by atoms with Crippen molar-refractivity contribution in [3.8, 4) is 0 Å². The molecule has 8 nitrogen and oxygen atoms in total. The fraction of sp³-hybridized carbons (Fsp3) is 0.600. The Morgan fingerprint density at radius 3 is 2.64 bits per heavy atom. The largest absolute Gasteiger partial charge is 0.445 e. The summed E-state index contributed by atoms with van der Waals surface area (Å²) in [5.41, 5.74) is 9.11. The van der Waals surface area contributed by atoms with Crippen molar-refractivity contribution in [1.29, 1.82) is 0 Å². The molecule has 0 spiro atoms. The van der Waals surface area contributed by atoms with Crippen molar-refractivity contribution in [3.05, 3.63) is 35.9 Å². The van der Waals surface area contributed by atoms with E-state index in [4.69, 9.17) is 20.0 Å². The fourth-order valence-electron chi connectivity index (χ4n) is 3.41. The molecule has 2 saturated heterocycles. The third-order valence-corrected chi connectivity index (χ3v) is 5.18. The molecule has 0 radical (unpaired) electrons. The highest BCUT2D eigenvalue weighted by Crippen LogP contribution is 2.24. The summed E-state index contributed by atoms with van der Waals surface area (Å²) < 4.78 is 10.8. The van der Waals surface area contributed by atoms with Crippen LogP contribution in [0.25, 0.3) is 0 Å². The number of hydrogen-bond donors (Lipinski definition) is 2. The van der Waals surface area contributed by atoms with Crippen molar-refractivity contribution in [2.75, 3.05) is 19.7 Å². The molecule has 1 atom stereocenters. The van der Waals surface area contributed by atoms with Crippen LogP contribution >= 0.6 is 0 Å². The van der Waals surface area contributed by atoms with E-state index in [0.717, 1.165) is 24.8 Å². The second-order valence-electron chi connectivity index (χ2n) is 7.51. The highest BCUT2D eigenvalue weighted by molar-refractivity contribution is 5.76. The summed E-state index contributed by atoms with van der Waals surface area (Å²) in [6, 6.07) is 9.55. The Labute approximate surface area is 165 Å². The number of hydroxylamine groups is 1. The standard InChI is InChI=1S/C20H29N3O5/c21-20(14-17(24)22-28-18-8-4-5-13-26-18)9-11-23(12-10-20)19(25)27-15-16-6-2-1-3-7-16/h1-3,6-7,18H,4-5,8-15,21H2,(H,22,24). The van der Waals surface area contributed by atoms with Crippen LogP contribution in [0.1, 0.15) is 44.1 Å². The van der Waals surface area contributed by atoms with Crippen LogP contribution in [0.4, 0.5) is 4.79 Å². The average molecular weight is 391 g/mol. The van der Waals surface area contributed by atoms with Gasteiger partial charge in [0.25, 0.3) is 0 Å². The predicted octanol–water partition coefficient (Wildman–Crippen LogP) is 2.08. The number of nitrogens with zero attached hydrogens (tertiary/aromatic N) is 1. The van der Waals surface area contributed by atoms with Crippen LogP contribution in [-0.2, 0) is 25.7 Å². The molecule has 2 aliphatic rings. The highest BCUT2D eigenvalue weighted by Gasteiger charge is 2.35. The van der Waals surface area contributed by atoms with Gasteiger partial charge in [-0.05, 0) is 31.2 Å². The number of carbonyl (C=O) groups excluding carboxylic acids is 2. The van der Waals surface area contributed by atoms with E-state index in [1.807, 2.05) is 30.3 Å². The third-order valence-electron chi connectivity index (χ3n) is 5.18. The molecule has 154 valence electrons. The first-order valence-corrected chi connectivity index (χ1v) is 9.85. The lowest BCUT2D eigenvalue weighted by Crippen LogP contribution is -2.54. The lowest BCUT2D eigenvalue weighted by atomic mass is 9.85. The summed E-state index contributed by atoms with van der Waals surface area (Å²) in [5.74, 6) is -0.267. The van der Waals surface area contributed by atoms with Gasteiger partial charge in [0.2, 0.25) is 5.91 Å². The molecular formula is C20H29N3O5. The maximum atomic E-state index is 12.2. The number of carbonyl (C=O) groups is 2. The van der Waals surface area contributed by atoms with Crippen LogP contribution in [0.5, 0.6) is 0 Å². The number of likely N-dealkylation sites (tertiary alicyclic amines) is 1. The number of amides is 2. The molecule has 2 aliphatic heterocycles. The van der Waals surface area contributed by atoms with E-state index < -0.39 is 5.54 Å². The molecule has 8 heteroatoms. The van der Waals surface area contributed by atoms with Crippen molar-refractivity contribution in [1.82, 2.24) is 10.4 Å². The minimum absolute atomic E-state index is 0.145. The van der Waals surface area contributed by atoms with Gasteiger partial charge < -0.3 is 20.1 Å². The van der Waals surface area contributed by atoms with E-state index >= 15 is 0 Å². The van der Waals surface area contributed by atoms with Crippen LogP contribution in [0, 0.1) is 0 Å². The predicted molar refractivity (Wildman–Crippen MR) is 102 cm³/mol. The lowest BCUT2D eigenvalue weighted by Gasteiger charge is -2.38. The minimum Gasteiger partial charge on any atom is -0.445 e. The zero-order valence-electron chi connectivity index (χ0n) is 16.1. The smallest absolute Gasteiger partial charge is 0.410 e. The summed E-state index contributed by atoms with van der Waals surface area (Å²) in [5, 5.41) is 0. The van der Waals surface area contributed by atoms with Crippen molar-refractivity contribution in [2.45, 2.75) is 57.0 Å². The normalized spacial score (nSPS) is 21.8. The molecule has 0 aliphatic carbocycles. The van der Waals surface area contributed by atoms with Gasteiger partial charge in [-0.15, -0.1) is 0 Å². The fourth-order valence-corrected chi connectivity index (χ4v) is 3.41. The van der Waals surface area contributed by atoms with Crippen LogP contribution in [0.2, 0.25) is 0 Å². The zero-order chi connectivity index (χ0) is 19.8. The summed E-state index contributed by atoms with van der Waals surface area (Å²) >= 11 is 0. The van der Waals surface area contributed by atoms with Gasteiger partial charge in [0.05, 0.1) is 0 Å². The van der Waals surface area contributed by atoms with E-state index in [1.54, 1.807) is 4.90 Å². The Balaban J connectivity index is 1.36. The van der Waals surface area contributed by atoms with Crippen LogP contribution < -0.4 is 11.2 Å². The van der Waals surface area contributed by atoms with Gasteiger partial charge in [0, 0.05) is 38.1 Å². The first-order chi connectivity index (χ1) is 13.5. The number of nitrogens with two attached hydrogens (primary N) is 1. The van der Waals surface area contributed by atoms with E-state index in [9.17, 15) is 9.59 Å². The molecule has 2 fully saturated rings. The topological polar surface area (TPSA) is 103 Å². The van der Waals surface area contributed by atoms with Gasteiger partial charge in [-0.25, -0.2) is 15.1 Å². The summed E-state index contributed by atoms with van der Waals surface area (Å²) in [6.07, 6.45) is 3.28. The highest BCUT2D eigenvalue weighted by atomic mass is 16.8. The molecule has 0 aromatic heterocycles. The average Bonchev–Trinajstić information content (AvgIpc) is 2.72. The van der Waals surface area contributed by atoms with E-state index in [2.05, 4.69) is 5.48 Å². The second kappa shape index (κ2) is 9.86. The zero-order valence-corrected chi connectivity index (χ0v) is 16.1. The Hall–Kier alpha value is -2.16. The van der Waals surface area contributed by atoms with E-state index in [1.165, 1.54) is 0 Å². The summed E-state index contributed by atoms with van der Waals surface area (Å²) in [4.78, 5) is 31.3. The molecule has 2 amide bonds. The Bertz CT molecular complexity index is 641. The number of ether oxygens (including phenoxy) is 2. The Morgan fingerprint density at radius 1 is 1.21 bits per heavy atom. The first-order valence-electron chi connectivity index (χ1n) is 9.85. The van der Waals surface area contributed by atoms with Crippen LogP contribution in [0.15, 0.2) is 30.3 Å². The SMILES string of the molecule is NC1(CC(=O)NOC2CCCCO2)CCN(C(=O)OCc2ccccc2)CC1. The second-order valence-corrected chi connectivity index (χ2v) is 7.51. The van der Waals surface area contributed by atoms with Gasteiger partial charge in [-0.2, -0.15) is 0 Å². The Morgan fingerprint density at radius 2 is 1.96 bits per heavy atom. The van der Waals surface area contributed by atoms with Gasteiger partial charge >= 0.3 is 6.09 Å². The third kappa shape index (κ3) is 6.19. The molecule has 1 unspecified atom stereocenters. The van der Waals surface area contributed by atoms with Gasteiger partial charge in [0.15, 0.2) is 6.29 Å². The van der Waals surface area contributed by atoms with Gasteiger partial charge in [-0.3, -0.25) is 4.79 Å². The Kier molecular flexibility index (Phi) is 7.24. The minimum atomic E-state index is -0.656. The van der Waals surface area contributed by atoms with Crippen molar-refractivity contribution in [2.24, 2.45) is 5.73 Å². The number of piperidine rings is 1. The van der Waals surface area contributed by atoms with Crippen molar-refractivity contribution >= 4 is 12.0 Å².